The lowest BCUT2D eigenvalue weighted by molar-refractivity contribution is -0.0437. The van der Waals surface area contributed by atoms with E-state index in [-0.39, 0.29) is 23.8 Å². The number of aromatic amines is 1. The van der Waals surface area contributed by atoms with Crippen LogP contribution in [0.4, 0.5) is 5.95 Å². The highest BCUT2D eigenvalue weighted by Crippen LogP contribution is 2.38. The highest BCUT2D eigenvalue weighted by Gasteiger charge is 2.38. The summed E-state index contributed by atoms with van der Waals surface area (Å²) < 4.78 is 31.6. The summed E-state index contributed by atoms with van der Waals surface area (Å²) in [4.78, 5) is 22.7. The molecule has 11 heteroatoms. The number of hydrogen-bond donors (Lipinski definition) is 2. The fourth-order valence-electron chi connectivity index (χ4n) is 3.93. The van der Waals surface area contributed by atoms with Gasteiger partial charge in [0.05, 0.1) is 12.4 Å². The highest BCUT2D eigenvalue weighted by molar-refractivity contribution is 7.33. The molecule has 5 rings (SSSR count). The van der Waals surface area contributed by atoms with Gasteiger partial charge in [-0.15, -0.1) is 4.52 Å². The summed E-state index contributed by atoms with van der Waals surface area (Å²) in [5.74, 6) is 0.512. The average molecular weight is 454 g/mol. The molecule has 4 unspecified atom stereocenters. The summed E-state index contributed by atoms with van der Waals surface area (Å²) in [6.07, 6.45) is 1.65. The van der Waals surface area contributed by atoms with Gasteiger partial charge in [0.25, 0.3) is 5.56 Å². The van der Waals surface area contributed by atoms with Gasteiger partial charge in [-0.1, -0.05) is 36.4 Å². The van der Waals surface area contributed by atoms with Crippen molar-refractivity contribution in [3.05, 3.63) is 59.1 Å². The van der Waals surface area contributed by atoms with E-state index >= 15 is 0 Å². The Bertz CT molecular complexity index is 1360. The maximum Gasteiger partial charge on any atom is 0.750 e. The van der Waals surface area contributed by atoms with Gasteiger partial charge < -0.3 is 10.5 Å². The Morgan fingerprint density at radius 2 is 2.06 bits per heavy atom. The molecular formula is C21H21N5O5P+. The van der Waals surface area contributed by atoms with Gasteiger partial charge >= 0.3 is 8.25 Å². The lowest BCUT2D eigenvalue weighted by atomic mass is 10.1. The zero-order valence-electron chi connectivity index (χ0n) is 17.2. The van der Waals surface area contributed by atoms with Gasteiger partial charge in [-0.05, 0) is 31.2 Å². The number of imidazole rings is 1. The fraction of sp³-hybridized carbons (Fsp3) is 0.286. The second kappa shape index (κ2) is 8.31. The molecule has 1 aliphatic rings. The zero-order valence-corrected chi connectivity index (χ0v) is 18.1. The van der Waals surface area contributed by atoms with Crippen molar-refractivity contribution in [2.24, 2.45) is 0 Å². The zero-order chi connectivity index (χ0) is 22.2. The Morgan fingerprint density at radius 1 is 1.25 bits per heavy atom. The van der Waals surface area contributed by atoms with Crippen molar-refractivity contribution in [3.63, 3.8) is 0 Å². The molecule has 0 amide bonds. The third-order valence-corrected chi connectivity index (χ3v) is 6.34. The van der Waals surface area contributed by atoms with Crippen molar-refractivity contribution < 1.29 is 18.3 Å². The van der Waals surface area contributed by atoms with Crippen LogP contribution in [-0.4, -0.2) is 31.7 Å². The number of fused-ring (bicyclic) bond motifs is 2. The molecular weight excluding hydrogens is 433 g/mol. The molecule has 0 bridgehead atoms. The maximum absolute atomic E-state index is 12.6. The molecule has 0 saturated carbocycles. The van der Waals surface area contributed by atoms with E-state index < -0.39 is 19.9 Å². The predicted molar refractivity (Wildman–Crippen MR) is 118 cm³/mol. The number of aromatic nitrogens is 4. The van der Waals surface area contributed by atoms with Crippen LogP contribution < -0.4 is 15.8 Å². The third-order valence-electron chi connectivity index (χ3n) is 5.49. The second-order valence-corrected chi connectivity index (χ2v) is 8.43. The van der Waals surface area contributed by atoms with Gasteiger partial charge in [0.2, 0.25) is 5.95 Å². The van der Waals surface area contributed by atoms with Gasteiger partial charge in [0.15, 0.2) is 16.9 Å². The Balaban J connectivity index is 1.26. The number of nitrogens with one attached hydrogen (secondary N) is 1. The van der Waals surface area contributed by atoms with Crippen molar-refractivity contribution in [3.8, 4) is 5.75 Å². The second-order valence-electron chi connectivity index (χ2n) is 7.58. The number of rotatable bonds is 6. The Morgan fingerprint density at radius 3 is 2.94 bits per heavy atom. The molecule has 4 atom stereocenters. The number of nitrogens with two attached hydrogens (primary N) is 1. The maximum atomic E-state index is 12.6. The van der Waals surface area contributed by atoms with Crippen LogP contribution in [0.15, 0.2) is 53.6 Å². The van der Waals surface area contributed by atoms with E-state index in [0.717, 1.165) is 10.8 Å². The van der Waals surface area contributed by atoms with E-state index in [1.165, 1.54) is 6.33 Å². The minimum absolute atomic E-state index is 0.0121. The van der Waals surface area contributed by atoms with E-state index in [0.29, 0.717) is 24.2 Å². The first-order valence-electron chi connectivity index (χ1n) is 10.2. The normalized spacial score (nSPS) is 20.0. The van der Waals surface area contributed by atoms with Crippen molar-refractivity contribution in [1.29, 1.82) is 0 Å². The van der Waals surface area contributed by atoms with E-state index in [2.05, 4.69) is 15.0 Å². The summed E-state index contributed by atoms with van der Waals surface area (Å²) in [5.41, 5.74) is 5.82. The molecule has 164 valence electrons. The lowest BCUT2D eigenvalue weighted by Crippen LogP contribution is -2.24. The third kappa shape index (κ3) is 3.84. The van der Waals surface area contributed by atoms with Crippen LogP contribution in [0.1, 0.15) is 26.0 Å². The molecule has 0 aliphatic carbocycles. The molecule has 10 nitrogen and oxygen atoms in total. The summed E-state index contributed by atoms with van der Waals surface area (Å²) >= 11 is 0. The topological polar surface area (TPSA) is 134 Å². The van der Waals surface area contributed by atoms with E-state index in [4.69, 9.17) is 19.5 Å². The molecule has 1 fully saturated rings. The summed E-state index contributed by atoms with van der Waals surface area (Å²) in [6.45, 7) is 1.79. The van der Waals surface area contributed by atoms with Crippen LogP contribution >= 0.6 is 8.25 Å². The van der Waals surface area contributed by atoms with Crippen LogP contribution in [0.2, 0.25) is 0 Å². The lowest BCUT2D eigenvalue weighted by Gasteiger charge is -2.17. The van der Waals surface area contributed by atoms with E-state index in [1.54, 1.807) is 17.6 Å². The minimum atomic E-state index is -2.41. The van der Waals surface area contributed by atoms with Crippen molar-refractivity contribution in [1.82, 2.24) is 19.5 Å². The van der Waals surface area contributed by atoms with Gasteiger partial charge in [0.1, 0.15) is 12.3 Å². The van der Waals surface area contributed by atoms with Gasteiger partial charge in [-0.3, -0.25) is 14.3 Å². The average Bonchev–Trinajstić information content (AvgIpc) is 3.41. The van der Waals surface area contributed by atoms with Crippen LogP contribution in [0.3, 0.4) is 0 Å². The number of H-pyrrole nitrogens is 1. The van der Waals surface area contributed by atoms with E-state index in [1.807, 2.05) is 36.4 Å². The Hall–Kier alpha value is -3.33. The van der Waals surface area contributed by atoms with Gasteiger partial charge in [-0.2, -0.15) is 4.98 Å². The number of hydrogen-bond acceptors (Lipinski definition) is 8. The van der Waals surface area contributed by atoms with Crippen molar-refractivity contribution in [2.75, 3.05) is 5.73 Å². The minimum Gasteiger partial charge on any atom is -0.369 e. The molecule has 0 radical (unpaired) electrons. The quantitative estimate of drug-likeness (QED) is 0.422. The fourth-order valence-corrected chi connectivity index (χ4v) is 4.70. The highest BCUT2D eigenvalue weighted by atomic mass is 31.1. The molecule has 1 saturated heterocycles. The van der Waals surface area contributed by atoms with Crippen LogP contribution in [-0.2, 0) is 13.8 Å². The largest absolute Gasteiger partial charge is 0.750 e. The first kappa shape index (κ1) is 20.6. The molecule has 32 heavy (non-hydrogen) atoms. The van der Waals surface area contributed by atoms with Crippen LogP contribution in [0.5, 0.6) is 5.75 Å². The standard InChI is InChI=1S/C21H20N5O5P/c1-12(30-32(28)31-16-8-4-6-13-5-2-3-7-14(13)16)15-9-10-17(29-15)26-11-23-18-19(26)24-21(22)25-20(18)27/h2-8,11-12,15,17H,9-10H2,1H3,(H2-,22,24,25,27)/p+1. The summed E-state index contributed by atoms with van der Waals surface area (Å²) in [6, 6.07) is 13.3. The summed E-state index contributed by atoms with van der Waals surface area (Å²) in [7, 11) is -2.41. The Kier molecular flexibility index (Phi) is 5.34. The van der Waals surface area contributed by atoms with Crippen LogP contribution in [0.25, 0.3) is 21.9 Å². The van der Waals surface area contributed by atoms with E-state index in [9.17, 15) is 9.36 Å². The number of ether oxygens (including phenoxy) is 1. The Labute approximate surface area is 183 Å². The molecule has 3 N–H and O–H groups in total. The number of benzene rings is 2. The molecule has 1 aliphatic heterocycles. The van der Waals surface area contributed by atoms with Crippen LogP contribution in [0, 0.1) is 0 Å². The molecule has 2 aromatic carbocycles. The molecule has 2 aromatic heterocycles. The number of anilines is 1. The van der Waals surface area contributed by atoms with Gasteiger partial charge in [0, 0.05) is 9.95 Å². The monoisotopic (exact) mass is 454 g/mol. The van der Waals surface area contributed by atoms with Gasteiger partial charge in [-0.25, -0.2) is 9.51 Å². The number of nitrogen functional groups attached to an aromatic ring is 1. The molecule has 0 spiro atoms. The SMILES string of the molecule is CC(O[P+](=O)Oc1cccc2ccccc12)C1CCC(n2cnc3c(=O)[nH]c(N)nc32)O1. The number of nitrogens with zero attached hydrogens (tertiary/aromatic N) is 3. The first-order valence-corrected chi connectivity index (χ1v) is 11.3. The first-order chi connectivity index (χ1) is 15.5. The summed E-state index contributed by atoms with van der Waals surface area (Å²) in [5, 5.41) is 1.85. The molecule has 3 heterocycles. The smallest absolute Gasteiger partial charge is 0.369 e. The predicted octanol–water partition coefficient (Wildman–Crippen LogP) is 3.67. The van der Waals surface area contributed by atoms with Crippen molar-refractivity contribution in [2.45, 2.75) is 38.2 Å². The van der Waals surface area contributed by atoms with Crippen molar-refractivity contribution >= 4 is 36.1 Å². The molecule has 4 aromatic rings.